The molecular formula is C18H23FN2. The van der Waals surface area contributed by atoms with Gasteiger partial charge in [0.05, 0.1) is 0 Å². The lowest BCUT2D eigenvalue weighted by Gasteiger charge is -2.15. The van der Waals surface area contributed by atoms with Crippen LogP contribution in [0.5, 0.6) is 0 Å². The van der Waals surface area contributed by atoms with E-state index in [0.717, 1.165) is 25.1 Å². The van der Waals surface area contributed by atoms with E-state index < -0.39 is 0 Å². The molecule has 0 fully saturated rings. The van der Waals surface area contributed by atoms with Gasteiger partial charge in [0.15, 0.2) is 0 Å². The Labute approximate surface area is 126 Å². The van der Waals surface area contributed by atoms with Crippen LogP contribution in [0.2, 0.25) is 0 Å². The molecule has 0 saturated carbocycles. The second kappa shape index (κ2) is 6.44. The van der Waals surface area contributed by atoms with Crippen LogP contribution in [0.4, 0.5) is 4.39 Å². The fraction of sp³-hybridized carbons (Fsp3) is 0.444. The van der Waals surface area contributed by atoms with Crippen molar-refractivity contribution in [3.63, 3.8) is 0 Å². The van der Waals surface area contributed by atoms with E-state index in [9.17, 15) is 4.39 Å². The van der Waals surface area contributed by atoms with Crippen molar-refractivity contribution in [1.29, 1.82) is 0 Å². The summed E-state index contributed by atoms with van der Waals surface area (Å²) < 4.78 is 15.5. The second-order valence-corrected chi connectivity index (χ2v) is 5.90. The highest BCUT2D eigenvalue weighted by Gasteiger charge is 2.19. The maximum absolute atomic E-state index is 13.3. The lowest BCUT2D eigenvalue weighted by atomic mass is 10.0. The minimum absolute atomic E-state index is 0.160. The average Bonchev–Trinajstić information content (AvgIpc) is 2.76. The van der Waals surface area contributed by atoms with Crippen molar-refractivity contribution >= 4 is 0 Å². The third-order valence-corrected chi connectivity index (χ3v) is 4.27. The zero-order valence-electron chi connectivity index (χ0n) is 12.6. The molecule has 1 atom stereocenters. The summed E-state index contributed by atoms with van der Waals surface area (Å²) in [5, 5.41) is 3.59. The quantitative estimate of drug-likeness (QED) is 0.839. The molecule has 0 aliphatic heterocycles. The largest absolute Gasteiger partial charge is 0.349 e. The fourth-order valence-electron chi connectivity index (χ4n) is 3.31. The van der Waals surface area contributed by atoms with E-state index in [1.54, 1.807) is 12.1 Å². The summed E-state index contributed by atoms with van der Waals surface area (Å²) in [6.45, 7) is 3.90. The van der Waals surface area contributed by atoms with Crippen molar-refractivity contribution in [2.45, 2.75) is 45.2 Å². The van der Waals surface area contributed by atoms with Gasteiger partial charge in [0.2, 0.25) is 0 Å². The first kappa shape index (κ1) is 14.3. The van der Waals surface area contributed by atoms with E-state index in [-0.39, 0.29) is 5.82 Å². The Morgan fingerprint density at radius 2 is 2.19 bits per heavy atom. The molecule has 1 aromatic heterocycles. The van der Waals surface area contributed by atoms with Crippen LogP contribution >= 0.6 is 0 Å². The fourth-order valence-corrected chi connectivity index (χ4v) is 3.31. The van der Waals surface area contributed by atoms with Crippen LogP contribution in [-0.2, 0) is 13.0 Å². The van der Waals surface area contributed by atoms with Crippen molar-refractivity contribution in [3.8, 4) is 0 Å². The van der Waals surface area contributed by atoms with Crippen molar-refractivity contribution in [2.24, 2.45) is 0 Å². The van der Waals surface area contributed by atoms with Crippen molar-refractivity contribution in [2.75, 3.05) is 6.54 Å². The zero-order valence-corrected chi connectivity index (χ0v) is 12.6. The molecule has 0 bridgehead atoms. The first-order valence-corrected chi connectivity index (χ1v) is 7.92. The number of aromatic nitrogens is 1. The van der Waals surface area contributed by atoms with Crippen LogP contribution in [0, 0.1) is 5.82 Å². The molecule has 2 aromatic rings. The van der Waals surface area contributed by atoms with Crippen molar-refractivity contribution in [3.05, 3.63) is 59.2 Å². The van der Waals surface area contributed by atoms with E-state index in [1.165, 1.54) is 36.5 Å². The molecule has 3 heteroatoms. The lowest BCUT2D eigenvalue weighted by Crippen LogP contribution is -2.20. The van der Waals surface area contributed by atoms with E-state index in [4.69, 9.17) is 0 Å². The van der Waals surface area contributed by atoms with Gasteiger partial charge in [-0.05, 0) is 54.6 Å². The third kappa shape index (κ3) is 3.35. The number of benzene rings is 1. The third-order valence-electron chi connectivity index (χ3n) is 4.27. The Morgan fingerprint density at radius 3 is 3.00 bits per heavy atom. The Hall–Kier alpha value is -1.61. The first-order chi connectivity index (χ1) is 10.3. The molecule has 3 rings (SSSR count). The highest BCUT2D eigenvalue weighted by molar-refractivity contribution is 5.30. The molecule has 1 heterocycles. The standard InChI is InChI=1S/C18H23FN2/c1-2-20-18-9-4-3-7-15-12-21(13-17(15)18)11-14-6-5-8-16(19)10-14/h5-6,8,10,12-13,18,20H,2-4,7,9,11H2,1H3. The van der Waals surface area contributed by atoms with Gasteiger partial charge >= 0.3 is 0 Å². The number of aryl methyl sites for hydroxylation is 1. The number of fused-ring (bicyclic) bond motifs is 1. The van der Waals surface area contributed by atoms with E-state index in [2.05, 4.69) is 29.2 Å². The molecule has 1 N–H and O–H groups in total. The molecule has 112 valence electrons. The number of nitrogens with zero attached hydrogens (tertiary/aromatic N) is 1. The van der Waals surface area contributed by atoms with Gasteiger partial charge < -0.3 is 9.88 Å². The molecule has 1 aromatic carbocycles. The minimum Gasteiger partial charge on any atom is -0.349 e. The summed E-state index contributed by atoms with van der Waals surface area (Å²) in [6, 6.07) is 7.35. The van der Waals surface area contributed by atoms with Gasteiger partial charge in [-0.2, -0.15) is 0 Å². The molecule has 0 spiro atoms. The molecule has 21 heavy (non-hydrogen) atoms. The van der Waals surface area contributed by atoms with E-state index in [1.807, 2.05) is 6.07 Å². The SMILES string of the molecule is CCNC1CCCCc2cn(Cc3cccc(F)c3)cc21. The molecular weight excluding hydrogens is 263 g/mol. The van der Waals surface area contributed by atoms with E-state index >= 15 is 0 Å². The topological polar surface area (TPSA) is 17.0 Å². The smallest absolute Gasteiger partial charge is 0.123 e. The van der Waals surface area contributed by atoms with Gasteiger partial charge in [-0.3, -0.25) is 0 Å². The number of halogens is 1. The van der Waals surface area contributed by atoms with Crippen LogP contribution in [-0.4, -0.2) is 11.1 Å². The second-order valence-electron chi connectivity index (χ2n) is 5.90. The monoisotopic (exact) mass is 286 g/mol. The number of rotatable bonds is 4. The van der Waals surface area contributed by atoms with E-state index in [0.29, 0.717) is 6.04 Å². The minimum atomic E-state index is -0.160. The van der Waals surface area contributed by atoms with Crippen molar-refractivity contribution < 1.29 is 4.39 Å². The van der Waals surface area contributed by atoms with Crippen LogP contribution in [0.3, 0.4) is 0 Å². The highest BCUT2D eigenvalue weighted by atomic mass is 19.1. The molecule has 0 radical (unpaired) electrons. The van der Waals surface area contributed by atoms with Crippen LogP contribution in [0.25, 0.3) is 0 Å². The first-order valence-electron chi connectivity index (χ1n) is 7.92. The van der Waals surface area contributed by atoms with Crippen molar-refractivity contribution in [1.82, 2.24) is 9.88 Å². The molecule has 1 aliphatic rings. The number of hydrogen-bond acceptors (Lipinski definition) is 1. The predicted octanol–water partition coefficient (Wildman–Crippen LogP) is 4.05. The van der Waals surface area contributed by atoms with Gasteiger partial charge in [-0.15, -0.1) is 0 Å². The van der Waals surface area contributed by atoms with Crippen LogP contribution < -0.4 is 5.32 Å². The molecule has 1 unspecified atom stereocenters. The lowest BCUT2D eigenvalue weighted by molar-refractivity contribution is 0.502. The maximum Gasteiger partial charge on any atom is 0.123 e. The van der Waals surface area contributed by atoms with Gasteiger partial charge in [-0.1, -0.05) is 25.5 Å². The van der Waals surface area contributed by atoms with Gasteiger partial charge in [0, 0.05) is 25.0 Å². The predicted molar refractivity (Wildman–Crippen MR) is 83.9 cm³/mol. The normalized spacial score (nSPS) is 18.3. The average molecular weight is 286 g/mol. The van der Waals surface area contributed by atoms with Crippen LogP contribution in [0.15, 0.2) is 36.7 Å². The van der Waals surface area contributed by atoms with Gasteiger partial charge in [0.1, 0.15) is 5.82 Å². The molecule has 2 nitrogen and oxygen atoms in total. The molecule has 0 saturated heterocycles. The molecule has 0 amide bonds. The Balaban J connectivity index is 1.83. The summed E-state index contributed by atoms with van der Waals surface area (Å²) >= 11 is 0. The number of nitrogens with one attached hydrogen (secondary N) is 1. The maximum atomic E-state index is 13.3. The zero-order chi connectivity index (χ0) is 14.7. The Kier molecular flexibility index (Phi) is 4.39. The molecule has 1 aliphatic carbocycles. The summed E-state index contributed by atoms with van der Waals surface area (Å²) in [4.78, 5) is 0. The summed E-state index contributed by atoms with van der Waals surface area (Å²) in [5.41, 5.74) is 3.90. The van der Waals surface area contributed by atoms with Gasteiger partial charge in [-0.25, -0.2) is 4.39 Å². The summed E-state index contributed by atoms with van der Waals surface area (Å²) in [6.07, 6.45) is 9.42. The summed E-state index contributed by atoms with van der Waals surface area (Å²) in [5.74, 6) is -0.160. The number of hydrogen-bond donors (Lipinski definition) is 1. The Morgan fingerprint density at radius 1 is 1.29 bits per heavy atom. The highest BCUT2D eigenvalue weighted by Crippen LogP contribution is 2.29. The van der Waals surface area contributed by atoms with Crippen LogP contribution in [0.1, 0.15) is 48.9 Å². The summed E-state index contributed by atoms with van der Waals surface area (Å²) in [7, 11) is 0. The van der Waals surface area contributed by atoms with Gasteiger partial charge in [0.25, 0.3) is 0 Å². The Bertz CT molecular complexity index is 603.